The van der Waals surface area contributed by atoms with Gasteiger partial charge in [-0.05, 0) is 42.8 Å². The van der Waals surface area contributed by atoms with Gasteiger partial charge in [0.1, 0.15) is 12.4 Å². The quantitative estimate of drug-likeness (QED) is 0.352. The molecule has 0 spiro atoms. The van der Waals surface area contributed by atoms with E-state index in [-0.39, 0.29) is 18.4 Å². The lowest BCUT2D eigenvalue weighted by atomic mass is 9.91. The Bertz CT molecular complexity index is 914. The number of para-hydroxylation sites is 1. The molecule has 1 amide bonds. The summed E-state index contributed by atoms with van der Waals surface area (Å²) in [7, 11) is 0. The van der Waals surface area contributed by atoms with E-state index in [1.807, 2.05) is 31.2 Å². The van der Waals surface area contributed by atoms with Crippen molar-refractivity contribution in [2.24, 2.45) is 4.99 Å². The van der Waals surface area contributed by atoms with E-state index < -0.39 is 11.7 Å². The van der Waals surface area contributed by atoms with E-state index in [1.54, 1.807) is 0 Å². The molecule has 166 valence electrons. The number of alkyl halides is 3. The van der Waals surface area contributed by atoms with Crippen LogP contribution in [-0.4, -0.2) is 38.1 Å². The molecule has 3 N–H and O–H groups in total. The monoisotopic (exact) mass is 434 g/mol. The van der Waals surface area contributed by atoms with Crippen molar-refractivity contribution >= 4 is 17.6 Å². The lowest BCUT2D eigenvalue weighted by molar-refractivity contribution is -0.137. The molecule has 0 fully saturated rings. The zero-order chi connectivity index (χ0) is 22.3. The molecule has 9 heteroatoms. The number of benzene rings is 2. The second kappa shape index (κ2) is 10.2. The molecule has 0 radical (unpaired) electrons. The van der Waals surface area contributed by atoms with Gasteiger partial charge in [-0.15, -0.1) is 0 Å². The molecule has 0 aromatic heterocycles. The van der Waals surface area contributed by atoms with Crippen LogP contribution in [0, 0.1) is 0 Å². The zero-order valence-electron chi connectivity index (χ0n) is 17.1. The van der Waals surface area contributed by atoms with E-state index in [1.165, 1.54) is 12.1 Å². The Morgan fingerprint density at radius 3 is 2.61 bits per heavy atom. The standard InChI is InChI=1S/C22H25F3N4O2/c1-2-26-21(27-11-12-31-17-9-7-16(8-10-17)22(23,24)25)28-14-15-13-20(30)29-19-6-4-3-5-18(15)19/h3-10,15H,2,11-14H2,1H3,(H,29,30)(H2,26,27,28). The SMILES string of the molecule is CCNC(=NCC1CC(=O)Nc2ccccc21)NCCOc1ccc(C(F)(F)F)cc1. The van der Waals surface area contributed by atoms with Gasteiger partial charge in [-0.2, -0.15) is 13.2 Å². The summed E-state index contributed by atoms with van der Waals surface area (Å²) in [6.45, 7) is 3.71. The number of ether oxygens (including phenoxy) is 1. The lowest BCUT2D eigenvalue weighted by Gasteiger charge is -2.24. The highest BCUT2D eigenvalue weighted by Crippen LogP contribution is 2.32. The van der Waals surface area contributed by atoms with Crippen molar-refractivity contribution in [3.05, 3.63) is 59.7 Å². The van der Waals surface area contributed by atoms with Crippen LogP contribution in [0.3, 0.4) is 0 Å². The predicted molar refractivity (Wildman–Crippen MR) is 113 cm³/mol. The molecule has 3 rings (SSSR count). The largest absolute Gasteiger partial charge is 0.492 e. The number of fused-ring (bicyclic) bond motifs is 1. The van der Waals surface area contributed by atoms with Crippen molar-refractivity contribution in [1.29, 1.82) is 0 Å². The molecular formula is C22H25F3N4O2. The van der Waals surface area contributed by atoms with E-state index in [9.17, 15) is 18.0 Å². The third-order valence-electron chi connectivity index (χ3n) is 4.77. The second-order valence-electron chi connectivity index (χ2n) is 7.05. The van der Waals surface area contributed by atoms with E-state index in [4.69, 9.17) is 4.74 Å². The molecule has 31 heavy (non-hydrogen) atoms. The first-order valence-corrected chi connectivity index (χ1v) is 10.1. The highest BCUT2D eigenvalue weighted by atomic mass is 19.4. The number of carbonyl (C=O) groups excluding carboxylic acids is 1. The number of anilines is 1. The first-order valence-electron chi connectivity index (χ1n) is 10.1. The Balaban J connectivity index is 1.52. The van der Waals surface area contributed by atoms with Gasteiger partial charge in [0, 0.05) is 24.6 Å². The first kappa shape index (κ1) is 22.5. The fraction of sp³-hybridized carbons (Fsp3) is 0.364. The smallest absolute Gasteiger partial charge is 0.416 e. The lowest BCUT2D eigenvalue weighted by Crippen LogP contribution is -2.39. The van der Waals surface area contributed by atoms with Crippen LogP contribution in [0.25, 0.3) is 0 Å². The summed E-state index contributed by atoms with van der Waals surface area (Å²) in [5, 5.41) is 9.15. The van der Waals surface area contributed by atoms with Crippen LogP contribution < -0.4 is 20.7 Å². The second-order valence-corrected chi connectivity index (χ2v) is 7.05. The van der Waals surface area contributed by atoms with Gasteiger partial charge in [0.15, 0.2) is 5.96 Å². The number of nitrogens with one attached hydrogen (secondary N) is 3. The summed E-state index contributed by atoms with van der Waals surface area (Å²) >= 11 is 0. The number of aliphatic imine (C=N–C) groups is 1. The number of amides is 1. The maximum Gasteiger partial charge on any atom is 0.416 e. The normalized spacial score (nSPS) is 16.3. The van der Waals surface area contributed by atoms with Crippen LogP contribution in [0.5, 0.6) is 5.75 Å². The Morgan fingerprint density at radius 1 is 1.16 bits per heavy atom. The van der Waals surface area contributed by atoms with E-state index in [2.05, 4.69) is 20.9 Å². The van der Waals surface area contributed by atoms with E-state index in [0.29, 0.717) is 37.8 Å². The number of nitrogens with zero attached hydrogens (tertiary/aromatic N) is 1. The Labute approximate surface area is 178 Å². The average molecular weight is 434 g/mol. The minimum absolute atomic E-state index is 0.0104. The van der Waals surface area contributed by atoms with Gasteiger partial charge in [-0.25, -0.2) is 0 Å². The summed E-state index contributed by atoms with van der Waals surface area (Å²) in [6, 6.07) is 12.3. The van der Waals surface area contributed by atoms with Crippen LogP contribution in [0.4, 0.5) is 18.9 Å². The molecule has 1 unspecified atom stereocenters. The van der Waals surface area contributed by atoms with Crippen molar-refractivity contribution in [2.45, 2.75) is 25.4 Å². The topological polar surface area (TPSA) is 74.8 Å². The molecule has 1 aliphatic rings. The molecule has 0 aliphatic carbocycles. The van der Waals surface area contributed by atoms with E-state index in [0.717, 1.165) is 23.4 Å². The summed E-state index contributed by atoms with van der Waals surface area (Å²) in [6.07, 6.45) is -3.99. The molecule has 1 atom stereocenters. The minimum Gasteiger partial charge on any atom is -0.492 e. The van der Waals surface area contributed by atoms with Crippen molar-refractivity contribution < 1.29 is 22.7 Å². The van der Waals surface area contributed by atoms with Gasteiger partial charge in [0.2, 0.25) is 5.91 Å². The maximum absolute atomic E-state index is 12.6. The van der Waals surface area contributed by atoms with E-state index >= 15 is 0 Å². The van der Waals surface area contributed by atoms with Gasteiger partial charge in [0.05, 0.1) is 18.7 Å². The molecule has 2 aromatic carbocycles. The minimum atomic E-state index is -4.36. The van der Waals surface area contributed by atoms with Crippen molar-refractivity contribution in [3.8, 4) is 5.75 Å². The Morgan fingerprint density at radius 2 is 1.90 bits per heavy atom. The molecule has 0 bridgehead atoms. The van der Waals surface area contributed by atoms with Crippen LogP contribution >= 0.6 is 0 Å². The summed E-state index contributed by atoms with van der Waals surface area (Å²) in [5.74, 6) is 0.911. The summed E-state index contributed by atoms with van der Waals surface area (Å²) in [5.41, 5.74) is 1.17. The number of hydrogen-bond acceptors (Lipinski definition) is 3. The molecule has 1 heterocycles. The van der Waals surface area contributed by atoms with Crippen LogP contribution in [0.15, 0.2) is 53.5 Å². The number of halogens is 3. The fourth-order valence-electron chi connectivity index (χ4n) is 3.29. The first-order chi connectivity index (χ1) is 14.9. The van der Waals surface area contributed by atoms with Crippen molar-refractivity contribution in [1.82, 2.24) is 10.6 Å². The molecule has 2 aromatic rings. The van der Waals surface area contributed by atoms with Crippen molar-refractivity contribution in [3.63, 3.8) is 0 Å². The molecular weight excluding hydrogens is 409 g/mol. The average Bonchev–Trinajstić information content (AvgIpc) is 2.74. The molecule has 0 saturated carbocycles. The molecule has 0 saturated heterocycles. The number of carbonyl (C=O) groups is 1. The van der Waals surface area contributed by atoms with Gasteiger partial charge < -0.3 is 20.7 Å². The van der Waals surface area contributed by atoms with Gasteiger partial charge in [-0.3, -0.25) is 9.79 Å². The highest BCUT2D eigenvalue weighted by molar-refractivity contribution is 5.94. The Kier molecular flexibility index (Phi) is 7.38. The number of hydrogen-bond donors (Lipinski definition) is 3. The summed E-state index contributed by atoms with van der Waals surface area (Å²) < 4.78 is 43.3. The summed E-state index contributed by atoms with van der Waals surface area (Å²) in [4.78, 5) is 16.5. The van der Waals surface area contributed by atoms with Crippen LogP contribution in [-0.2, 0) is 11.0 Å². The van der Waals surface area contributed by atoms with Crippen molar-refractivity contribution in [2.75, 3.05) is 31.6 Å². The number of guanidine groups is 1. The van der Waals surface area contributed by atoms with Crippen LogP contribution in [0.2, 0.25) is 0 Å². The Hall–Kier alpha value is -3.23. The van der Waals surface area contributed by atoms with Gasteiger partial charge in [0.25, 0.3) is 0 Å². The molecule has 6 nitrogen and oxygen atoms in total. The van der Waals surface area contributed by atoms with Gasteiger partial charge >= 0.3 is 6.18 Å². The zero-order valence-corrected chi connectivity index (χ0v) is 17.1. The fourth-order valence-corrected chi connectivity index (χ4v) is 3.29. The van der Waals surface area contributed by atoms with Gasteiger partial charge in [-0.1, -0.05) is 18.2 Å². The third kappa shape index (κ3) is 6.37. The highest BCUT2D eigenvalue weighted by Gasteiger charge is 2.30. The molecule has 1 aliphatic heterocycles. The third-order valence-corrected chi connectivity index (χ3v) is 4.77. The van der Waals surface area contributed by atoms with Crippen LogP contribution in [0.1, 0.15) is 30.4 Å². The maximum atomic E-state index is 12.6. The predicted octanol–water partition coefficient (Wildman–Crippen LogP) is 3.77. The number of rotatable bonds is 7.